The van der Waals surface area contributed by atoms with Crippen molar-refractivity contribution < 1.29 is 14.3 Å². The highest BCUT2D eigenvalue weighted by Crippen LogP contribution is 2.27. The molecule has 0 aliphatic carbocycles. The van der Waals surface area contributed by atoms with Crippen molar-refractivity contribution in [3.63, 3.8) is 0 Å². The molecule has 0 aliphatic heterocycles. The highest BCUT2D eigenvalue weighted by atomic mass is 16.5. The molecule has 0 radical (unpaired) electrons. The Balaban J connectivity index is 2.04. The van der Waals surface area contributed by atoms with Crippen LogP contribution in [-0.4, -0.2) is 25.5 Å². The van der Waals surface area contributed by atoms with E-state index in [-0.39, 0.29) is 18.4 Å². The highest BCUT2D eigenvalue weighted by molar-refractivity contribution is 5.98. The van der Waals surface area contributed by atoms with Gasteiger partial charge in [-0.3, -0.25) is 14.5 Å². The number of nitrogens with zero attached hydrogens (tertiary/aromatic N) is 1. The van der Waals surface area contributed by atoms with Gasteiger partial charge in [-0.15, -0.1) is 0 Å². The van der Waals surface area contributed by atoms with Crippen molar-refractivity contribution in [1.82, 2.24) is 5.32 Å². The van der Waals surface area contributed by atoms with Crippen LogP contribution in [0.15, 0.2) is 54.6 Å². The number of anilines is 1. The lowest BCUT2D eigenvalue weighted by atomic mass is 10.2. The first kappa shape index (κ1) is 16.5. The molecule has 0 unspecified atom stereocenters. The molecule has 0 aliphatic rings. The summed E-state index contributed by atoms with van der Waals surface area (Å²) in [5.74, 6) is 0.109. The Morgan fingerprint density at radius 1 is 1.04 bits per heavy atom. The third-order valence-electron chi connectivity index (χ3n) is 3.39. The van der Waals surface area contributed by atoms with Crippen LogP contribution in [0.1, 0.15) is 12.5 Å². The van der Waals surface area contributed by atoms with E-state index in [1.807, 2.05) is 36.4 Å². The molecular weight excluding hydrogens is 292 g/mol. The van der Waals surface area contributed by atoms with E-state index in [4.69, 9.17) is 4.74 Å². The van der Waals surface area contributed by atoms with Crippen LogP contribution in [0.4, 0.5) is 5.69 Å². The zero-order chi connectivity index (χ0) is 16.7. The molecule has 1 N–H and O–H groups in total. The zero-order valence-electron chi connectivity index (χ0n) is 13.3. The summed E-state index contributed by atoms with van der Waals surface area (Å²) >= 11 is 0. The summed E-state index contributed by atoms with van der Waals surface area (Å²) in [6.45, 7) is 1.80. The normalized spacial score (nSPS) is 10.0. The molecule has 5 nitrogen and oxygen atoms in total. The molecule has 0 bridgehead atoms. The Hall–Kier alpha value is -2.82. The van der Waals surface area contributed by atoms with Gasteiger partial charge in [0, 0.05) is 13.5 Å². The van der Waals surface area contributed by atoms with Crippen LogP contribution in [0.2, 0.25) is 0 Å². The van der Waals surface area contributed by atoms with E-state index in [9.17, 15) is 9.59 Å². The third kappa shape index (κ3) is 4.57. The second-order valence-electron chi connectivity index (χ2n) is 5.04. The molecule has 23 heavy (non-hydrogen) atoms. The van der Waals surface area contributed by atoms with Crippen molar-refractivity contribution in [2.45, 2.75) is 13.5 Å². The minimum absolute atomic E-state index is 0.0530. The van der Waals surface area contributed by atoms with E-state index in [1.165, 1.54) is 18.9 Å². The van der Waals surface area contributed by atoms with Gasteiger partial charge in [-0.2, -0.15) is 0 Å². The molecule has 5 heteroatoms. The smallest absolute Gasteiger partial charge is 0.240 e. The number of rotatable bonds is 6. The van der Waals surface area contributed by atoms with Gasteiger partial charge in [0.1, 0.15) is 12.3 Å². The molecule has 0 aromatic heterocycles. The van der Waals surface area contributed by atoms with Crippen molar-refractivity contribution in [2.75, 3.05) is 18.6 Å². The minimum Gasteiger partial charge on any atom is -0.495 e. The summed E-state index contributed by atoms with van der Waals surface area (Å²) in [5.41, 5.74) is 1.59. The van der Waals surface area contributed by atoms with Crippen LogP contribution in [0.3, 0.4) is 0 Å². The summed E-state index contributed by atoms with van der Waals surface area (Å²) in [5, 5.41) is 2.82. The number of methoxy groups -OCH3 is 1. The summed E-state index contributed by atoms with van der Waals surface area (Å²) in [6.07, 6.45) is 0. The zero-order valence-corrected chi connectivity index (χ0v) is 13.3. The van der Waals surface area contributed by atoms with E-state index in [2.05, 4.69) is 5.32 Å². The van der Waals surface area contributed by atoms with Crippen LogP contribution in [0.5, 0.6) is 5.75 Å². The Kier molecular flexibility index (Phi) is 5.74. The van der Waals surface area contributed by atoms with Crippen molar-refractivity contribution >= 4 is 17.5 Å². The topological polar surface area (TPSA) is 58.6 Å². The number of para-hydroxylation sites is 2. The first-order chi connectivity index (χ1) is 11.1. The van der Waals surface area contributed by atoms with Gasteiger partial charge in [0.2, 0.25) is 11.8 Å². The Morgan fingerprint density at radius 3 is 2.35 bits per heavy atom. The predicted molar refractivity (Wildman–Crippen MR) is 89.3 cm³/mol. The number of hydrogen-bond donors (Lipinski definition) is 1. The SMILES string of the molecule is COc1ccccc1N(CC(=O)NCc1ccccc1)C(C)=O. The van der Waals surface area contributed by atoms with Crippen LogP contribution < -0.4 is 15.0 Å². The molecule has 0 fully saturated rings. The average molecular weight is 312 g/mol. The number of ether oxygens (including phenoxy) is 1. The molecular formula is C18H20N2O3. The summed E-state index contributed by atoms with van der Waals surface area (Å²) < 4.78 is 5.26. The first-order valence-electron chi connectivity index (χ1n) is 7.33. The van der Waals surface area contributed by atoms with Gasteiger partial charge < -0.3 is 10.1 Å². The molecule has 2 aromatic rings. The van der Waals surface area contributed by atoms with Gasteiger partial charge in [-0.1, -0.05) is 42.5 Å². The lowest BCUT2D eigenvalue weighted by Crippen LogP contribution is -2.39. The van der Waals surface area contributed by atoms with Gasteiger partial charge in [-0.05, 0) is 17.7 Å². The second-order valence-corrected chi connectivity index (χ2v) is 5.04. The average Bonchev–Trinajstić information content (AvgIpc) is 2.58. The molecule has 2 aromatic carbocycles. The second kappa shape index (κ2) is 7.98. The molecule has 0 atom stereocenters. The fraction of sp³-hybridized carbons (Fsp3) is 0.222. The van der Waals surface area contributed by atoms with Gasteiger partial charge >= 0.3 is 0 Å². The number of hydrogen-bond acceptors (Lipinski definition) is 3. The van der Waals surface area contributed by atoms with Gasteiger partial charge in [0.25, 0.3) is 0 Å². The predicted octanol–water partition coefficient (Wildman–Crippen LogP) is 2.36. The van der Waals surface area contributed by atoms with Gasteiger partial charge in [0.15, 0.2) is 0 Å². The van der Waals surface area contributed by atoms with Gasteiger partial charge in [0.05, 0.1) is 12.8 Å². The minimum atomic E-state index is -0.227. The number of carbonyl (C=O) groups is 2. The fourth-order valence-corrected chi connectivity index (χ4v) is 2.21. The standard InChI is InChI=1S/C18H20N2O3/c1-14(21)20(16-10-6-7-11-17(16)23-2)13-18(22)19-12-15-8-4-3-5-9-15/h3-11H,12-13H2,1-2H3,(H,19,22). The van der Waals surface area contributed by atoms with Crippen molar-refractivity contribution in [3.05, 3.63) is 60.2 Å². The number of benzene rings is 2. The fourth-order valence-electron chi connectivity index (χ4n) is 2.21. The quantitative estimate of drug-likeness (QED) is 0.891. The Labute approximate surface area is 135 Å². The number of amides is 2. The van der Waals surface area contributed by atoms with E-state index in [1.54, 1.807) is 18.2 Å². The lowest BCUT2D eigenvalue weighted by Gasteiger charge is -2.22. The molecule has 120 valence electrons. The molecule has 0 saturated heterocycles. The van der Waals surface area contributed by atoms with Gasteiger partial charge in [-0.25, -0.2) is 0 Å². The maximum atomic E-state index is 12.2. The van der Waals surface area contributed by atoms with E-state index in [0.29, 0.717) is 18.0 Å². The van der Waals surface area contributed by atoms with Crippen LogP contribution in [-0.2, 0) is 16.1 Å². The molecule has 2 amide bonds. The van der Waals surface area contributed by atoms with Crippen molar-refractivity contribution in [1.29, 1.82) is 0 Å². The largest absolute Gasteiger partial charge is 0.495 e. The molecule has 2 rings (SSSR count). The third-order valence-corrected chi connectivity index (χ3v) is 3.39. The van der Waals surface area contributed by atoms with E-state index in [0.717, 1.165) is 5.56 Å². The molecule has 0 saturated carbocycles. The van der Waals surface area contributed by atoms with Crippen molar-refractivity contribution in [2.24, 2.45) is 0 Å². The van der Waals surface area contributed by atoms with Crippen molar-refractivity contribution in [3.8, 4) is 5.75 Å². The Bertz CT molecular complexity index is 671. The van der Waals surface area contributed by atoms with E-state index < -0.39 is 0 Å². The first-order valence-corrected chi connectivity index (χ1v) is 7.33. The lowest BCUT2D eigenvalue weighted by molar-refractivity contribution is -0.123. The Morgan fingerprint density at radius 2 is 1.70 bits per heavy atom. The van der Waals surface area contributed by atoms with Crippen LogP contribution in [0, 0.1) is 0 Å². The maximum absolute atomic E-state index is 12.2. The summed E-state index contributed by atoms with van der Waals surface area (Å²) in [6, 6.07) is 16.7. The number of carbonyl (C=O) groups excluding carboxylic acids is 2. The maximum Gasteiger partial charge on any atom is 0.240 e. The van der Waals surface area contributed by atoms with Crippen LogP contribution >= 0.6 is 0 Å². The molecule has 0 heterocycles. The summed E-state index contributed by atoms with van der Waals surface area (Å²) in [4.78, 5) is 25.5. The van der Waals surface area contributed by atoms with E-state index >= 15 is 0 Å². The summed E-state index contributed by atoms with van der Waals surface area (Å²) in [7, 11) is 1.53. The molecule has 0 spiro atoms. The number of nitrogens with one attached hydrogen (secondary N) is 1. The van der Waals surface area contributed by atoms with Crippen LogP contribution in [0.25, 0.3) is 0 Å². The monoisotopic (exact) mass is 312 g/mol. The highest BCUT2D eigenvalue weighted by Gasteiger charge is 2.18.